The van der Waals surface area contributed by atoms with E-state index >= 15 is 0 Å². The molecule has 0 saturated heterocycles. The number of aromatic nitrogens is 1. The third-order valence-electron chi connectivity index (χ3n) is 6.29. The van der Waals surface area contributed by atoms with Crippen LogP contribution in [0.2, 0.25) is 0 Å². The molecule has 33 heavy (non-hydrogen) atoms. The van der Waals surface area contributed by atoms with Crippen molar-refractivity contribution in [2.45, 2.75) is 44.2 Å². The van der Waals surface area contributed by atoms with Gasteiger partial charge in [-0.25, -0.2) is 0 Å². The van der Waals surface area contributed by atoms with E-state index in [0.29, 0.717) is 17.2 Å². The Bertz CT molecular complexity index is 1120. The second-order valence-corrected chi connectivity index (χ2v) is 8.33. The van der Waals surface area contributed by atoms with Gasteiger partial charge in [0.25, 0.3) is 0 Å². The van der Waals surface area contributed by atoms with Crippen molar-refractivity contribution in [1.82, 2.24) is 9.88 Å². The maximum absolute atomic E-state index is 13.7. The molecular weight excluding hydrogens is 414 g/mol. The minimum absolute atomic E-state index is 0.107. The molecule has 1 aliphatic rings. The molecule has 2 aromatic carbocycles. The zero-order chi connectivity index (χ0) is 23.2. The van der Waals surface area contributed by atoms with Crippen LogP contribution in [0.5, 0.6) is 11.6 Å². The predicted octanol–water partition coefficient (Wildman–Crippen LogP) is 5.08. The molecule has 1 amide bonds. The maximum Gasteiger partial charge on any atom is 0.248 e. The molecule has 6 heteroatoms. The van der Waals surface area contributed by atoms with Crippen LogP contribution >= 0.6 is 0 Å². The number of carbonyl (C=O) groups is 1. The van der Waals surface area contributed by atoms with Crippen molar-refractivity contribution in [2.75, 3.05) is 14.2 Å². The molecule has 0 radical (unpaired) electrons. The number of hydrogen-bond acceptors (Lipinski definition) is 4. The average molecular weight is 444 g/mol. The van der Waals surface area contributed by atoms with Gasteiger partial charge in [-0.1, -0.05) is 61.7 Å². The Morgan fingerprint density at radius 1 is 1.03 bits per heavy atom. The van der Waals surface area contributed by atoms with Gasteiger partial charge in [-0.15, -0.1) is 0 Å². The van der Waals surface area contributed by atoms with Crippen molar-refractivity contribution in [3.63, 3.8) is 0 Å². The molecule has 0 spiro atoms. The number of nitrogens with one attached hydrogen (secondary N) is 1. The molecule has 1 heterocycles. The van der Waals surface area contributed by atoms with Crippen molar-refractivity contribution in [3.8, 4) is 28.8 Å². The average Bonchev–Trinajstić information content (AvgIpc) is 3.24. The summed E-state index contributed by atoms with van der Waals surface area (Å²) in [7, 11) is 3.15. The second-order valence-electron chi connectivity index (χ2n) is 8.33. The lowest BCUT2D eigenvalue weighted by Crippen LogP contribution is -2.41. The van der Waals surface area contributed by atoms with Crippen LogP contribution in [0.25, 0.3) is 11.1 Å². The molecule has 170 valence electrons. The van der Waals surface area contributed by atoms with Crippen LogP contribution in [0.4, 0.5) is 0 Å². The highest BCUT2D eigenvalue weighted by Gasteiger charge is 2.30. The van der Waals surface area contributed by atoms with Crippen molar-refractivity contribution in [2.24, 2.45) is 0 Å². The molecule has 6 nitrogen and oxygen atoms in total. The number of nitrogens with zero attached hydrogens (tertiary/aromatic N) is 2. The minimum Gasteiger partial charge on any atom is -0.497 e. The van der Waals surface area contributed by atoms with Crippen LogP contribution < -0.4 is 14.8 Å². The SMILES string of the molecule is COc1ccc(C(C(=O)NC2CCCCC2)n2cc(-c3ccccc3)c(C#N)c2OC)cc1. The number of hydrogen-bond donors (Lipinski definition) is 1. The molecule has 1 unspecified atom stereocenters. The molecule has 0 bridgehead atoms. The molecule has 1 N–H and O–H groups in total. The summed E-state index contributed by atoms with van der Waals surface area (Å²) in [6.07, 6.45) is 7.29. The number of rotatable bonds is 7. The summed E-state index contributed by atoms with van der Waals surface area (Å²) >= 11 is 0. The lowest BCUT2D eigenvalue weighted by Gasteiger charge is -2.27. The van der Waals surface area contributed by atoms with E-state index in [-0.39, 0.29) is 11.9 Å². The van der Waals surface area contributed by atoms with Crippen molar-refractivity contribution >= 4 is 5.91 Å². The van der Waals surface area contributed by atoms with Crippen LogP contribution in [0.1, 0.15) is 49.3 Å². The Kier molecular flexibility index (Phi) is 6.99. The Morgan fingerprint density at radius 2 is 1.73 bits per heavy atom. The highest BCUT2D eigenvalue weighted by atomic mass is 16.5. The highest BCUT2D eigenvalue weighted by Crippen LogP contribution is 2.37. The molecule has 0 aliphatic heterocycles. The number of ether oxygens (including phenoxy) is 2. The largest absolute Gasteiger partial charge is 0.497 e. The Labute approximate surface area is 194 Å². The first-order valence-corrected chi connectivity index (χ1v) is 11.3. The Balaban J connectivity index is 1.81. The highest BCUT2D eigenvalue weighted by molar-refractivity contribution is 5.85. The molecule has 1 fully saturated rings. The molecule has 4 rings (SSSR count). The fraction of sp³-hybridized carbons (Fsp3) is 0.333. The van der Waals surface area contributed by atoms with Gasteiger partial charge in [-0.3, -0.25) is 4.79 Å². The van der Waals surface area contributed by atoms with Crippen molar-refractivity contribution in [1.29, 1.82) is 5.26 Å². The van der Waals surface area contributed by atoms with Crippen LogP contribution in [-0.2, 0) is 4.79 Å². The van der Waals surface area contributed by atoms with Crippen LogP contribution in [0.3, 0.4) is 0 Å². The molecule has 1 aliphatic carbocycles. The first-order valence-electron chi connectivity index (χ1n) is 11.3. The molecule has 3 aromatic rings. The van der Waals surface area contributed by atoms with E-state index in [9.17, 15) is 10.1 Å². The van der Waals surface area contributed by atoms with Gasteiger partial charge in [0.15, 0.2) is 0 Å². The van der Waals surface area contributed by atoms with E-state index in [4.69, 9.17) is 9.47 Å². The first kappa shape index (κ1) is 22.5. The number of amides is 1. The van der Waals surface area contributed by atoms with Crippen LogP contribution in [0, 0.1) is 11.3 Å². The van der Waals surface area contributed by atoms with E-state index in [0.717, 1.165) is 42.4 Å². The molecule has 1 saturated carbocycles. The van der Waals surface area contributed by atoms with Crippen LogP contribution in [0.15, 0.2) is 60.8 Å². The predicted molar refractivity (Wildman–Crippen MR) is 127 cm³/mol. The summed E-state index contributed by atoms with van der Waals surface area (Å²) in [6, 6.07) is 18.9. The third kappa shape index (κ3) is 4.73. The summed E-state index contributed by atoms with van der Waals surface area (Å²) in [6.45, 7) is 0. The van der Waals surface area contributed by atoms with Gasteiger partial charge in [-0.2, -0.15) is 5.26 Å². The van der Waals surface area contributed by atoms with Gasteiger partial charge in [0.2, 0.25) is 11.8 Å². The standard InChI is InChI=1S/C27H29N3O3/c1-32-22-15-13-20(14-16-22)25(26(31)29-21-11-7-4-8-12-21)30-18-24(19-9-5-3-6-10-19)23(17-28)27(30)33-2/h3,5-6,9-10,13-16,18,21,25H,4,7-8,11-12H2,1-2H3,(H,29,31). The van der Waals surface area contributed by atoms with Crippen LogP contribution in [-0.4, -0.2) is 30.7 Å². The monoisotopic (exact) mass is 443 g/mol. The molecular formula is C27H29N3O3. The number of nitriles is 1. The molecule has 1 atom stereocenters. The fourth-order valence-electron chi connectivity index (χ4n) is 4.60. The van der Waals surface area contributed by atoms with Crippen molar-refractivity contribution in [3.05, 3.63) is 71.9 Å². The summed E-state index contributed by atoms with van der Waals surface area (Å²) < 4.78 is 12.8. The third-order valence-corrected chi connectivity index (χ3v) is 6.29. The van der Waals surface area contributed by atoms with E-state index in [1.165, 1.54) is 13.5 Å². The normalized spacial score (nSPS) is 14.8. The maximum atomic E-state index is 13.7. The van der Waals surface area contributed by atoms with Gasteiger partial charge in [0, 0.05) is 17.8 Å². The quantitative estimate of drug-likeness (QED) is 0.552. The van der Waals surface area contributed by atoms with E-state index in [1.54, 1.807) is 11.7 Å². The molecule has 1 aromatic heterocycles. The summed E-state index contributed by atoms with van der Waals surface area (Å²) in [4.78, 5) is 13.7. The van der Waals surface area contributed by atoms with Gasteiger partial charge < -0.3 is 19.4 Å². The Morgan fingerprint density at radius 3 is 2.33 bits per heavy atom. The van der Waals surface area contributed by atoms with Gasteiger partial charge in [-0.05, 0) is 36.1 Å². The van der Waals surface area contributed by atoms with E-state index < -0.39 is 6.04 Å². The van der Waals surface area contributed by atoms with Gasteiger partial charge in [0.05, 0.1) is 14.2 Å². The summed E-state index contributed by atoms with van der Waals surface area (Å²) in [5, 5.41) is 13.2. The number of methoxy groups -OCH3 is 2. The summed E-state index contributed by atoms with van der Waals surface area (Å²) in [5.74, 6) is 0.979. The lowest BCUT2D eigenvalue weighted by molar-refractivity contribution is -0.124. The minimum atomic E-state index is -0.683. The van der Waals surface area contributed by atoms with Gasteiger partial charge >= 0.3 is 0 Å². The number of benzene rings is 2. The number of carbonyl (C=O) groups excluding carboxylic acids is 1. The zero-order valence-corrected chi connectivity index (χ0v) is 19.1. The summed E-state index contributed by atoms with van der Waals surface area (Å²) in [5.41, 5.74) is 2.83. The van der Waals surface area contributed by atoms with Crippen molar-refractivity contribution < 1.29 is 14.3 Å². The topological polar surface area (TPSA) is 76.3 Å². The first-order chi connectivity index (χ1) is 16.2. The Hall–Kier alpha value is -3.72. The fourth-order valence-corrected chi connectivity index (χ4v) is 4.60. The smallest absolute Gasteiger partial charge is 0.248 e. The van der Waals surface area contributed by atoms with Gasteiger partial charge in [0.1, 0.15) is 23.4 Å². The second kappa shape index (κ2) is 10.3. The van der Waals surface area contributed by atoms with E-state index in [1.807, 2.05) is 60.8 Å². The van der Waals surface area contributed by atoms with E-state index in [2.05, 4.69) is 11.4 Å². The lowest BCUT2D eigenvalue weighted by atomic mass is 9.95. The zero-order valence-electron chi connectivity index (χ0n) is 19.1.